The highest BCUT2D eigenvalue weighted by Crippen LogP contribution is 2.26. The number of aromatic nitrogens is 3. The van der Waals surface area contributed by atoms with Crippen molar-refractivity contribution >= 4 is 5.91 Å². The highest BCUT2D eigenvalue weighted by atomic mass is 16.5. The van der Waals surface area contributed by atoms with Crippen LogP contribution in [0.1, 0.15) is 48.6 Å². The van der Waals surface area contributed by atoms with Crippen LogP contribution in [0.2, 0.25) is 0 Å². The molecule has 1 aromatic carbocycles. The van der Waals surface area contributed by atoms with Crippen LogP contribution >= 0.6 is 0 Å². The van der Waals surface area contributed by atoms with Crippen LogP contribution < -0.4 is 5.32 Å². The van der Waals surface area contributed by atoms with Gasteiger partial charge in [0.15, 0.2) is 0 Å². The second kappa shape index (κ2) is 10.6. The first-order valence-electron chi connectivity index (χ1n) is 10.9. The van der Waals surface area contributed by atoms with Gasteiger partial charge in [0.1, 0.15) is 0 Å². The largest absolute Gasteiger partial charge is 0.356 e. The Hall–Kier alpha value is -3.57. The number of amides is 1. The Kier molecular flexibility index (Phi) is 7.20. The number of benzene rings is 1. The van der Waals surface area contributed by atoms with Crippen LogP contribution in [0.15, 0.2) is 53.3 Å². The van der Waals surface area contributed by atoms with Gasteiger partial charge in [-0.15, -0.1) is 0 Å². The van der Waals surface area contributed by atoms with Crippen LogP contribution in [0.5, 0.6) is 0 Å². The molecule has 1 aliphatic rings. The van der Waals surface area contributed by atoms with Crippen molar-refractivity contribution < 1.29 is 9.32 Å². The summed E-state index contributed by atoms with van der Waals surface area (Å²) in [5.41, 5.74) is 2.61. The van der Waals surface area contributed by atoms with E-state index in [0.717, 1.165) is 43.5 Å². The minimum Gasteiger partial charge on any atom is -0.356 e. The number of hydrogen-bond acceptors (Lipinski definition) is 7. The zero-order valence-corrected chi connectivity index (χ0v) is 17.9. The van der Waals surface area contributed by atoms with Crippen molar-refractivity contribution in [3.63, 3.8) is 0 Å². The highest BCUT2D eigenvalue weighted by molar-refractivity contribution is 5.76. The number of pyridine rings is 1. The van der Waals surface area contributed by atoms with Crippen molar-refractivity contribution in [1.82, 2.24) is 25.3 Å². The molecule has 0 bridgehead atoms. The zero-order valence-electron chi connectivity index (χ0n) is 17.9. The molecule has 1 unspecified atom stereocenters. The molecule has 3 heterocycles. The number of nitrogens with one attached hydrogen (secondary N) is 1. The molecular formula is C24H26N6O2. The Morgan fingerprint density at radius 1 is 1.19 bits per heavy atom. The first-order chi connectivity index (χ1) is 15.7. The predicted octanol–water partition coefficient (Wildman–Crippen LogP) is 3.28. The Labute approximate surface area is 187 Å². The lowest BCUT2D eigenvalue weighted by Gasteiger charge is -2.22. The third-order valence-corrected chi connectivity index (χ3v) is 5.70. The average molecular weight is 431 g/mol. The zero-order chi connectivity index (χ0) is 22.2. The van der Waals surface area contributed by atoms with E-state index in [1.165, 1.54) is 0 Å². The predicted molar refractivity (Wildman–Crippen MR) is 118 cm³/mol. The van der Waals surface area contributed by atoms with Crippen LogP contribution in [0.3, 0.4) is 0 Å². The molecule has 1 aliphatic heterocycles. The van der Waals surface area contributed by atoms with E-state index in [-0.39, 0.29) is 11.8 Å². The van der Waals surface area contributed by atoms with Crippen molar-refractivity contribution in [2.45, 2.75) is 38.1 Å². The van der Waals surface area contributed by atoms with Crippen molar-refractivity contribution in [1.29, 1.82) is 5.26 Å². The molecule has 1 amide bonds. The maximum atomic E-state index is 12.3. The van der Waals surface area contributed by atoms with Crippen LogP contribution in [0.4, 0.5) is 0 Å². The first kappa shape index (κ1) is 21.7. The summed E-state index contributed by atoms with van der Waals surface area (Å²) < 4.78 is 5.59. The minimum atomic E-state index is 0.0528. The third-order valence-electron chi connectivity index (χ3n) is 5.70. The number of nitriles is 1. The molecule has 32 heavy (non-hydrogen) atoms. The van der Waals surface area contributed by atoms with Gasteiger partial charge in [0.25, 0.3) is 0 Å². The van der Waals surface area contributed by atoms with Crippen LogP contribution in [-0.2, 0) is 11.3 Å². The van der Waals surface area contributed by atoms with Gasteiger partial charge < -0.3 is 9.84 Å². The number of rotatable bonds is 4. The molecule has 1 fully saturated rings. The molecule has 0 aliphatic carbocycles. The van der Waals surface area contributed by atoms with E-state index in [1.54, 1.807) is 12.4 Å². The van der Waals surface area contributed by atoms with Crippen LogP contribution in [0, 0.1) is 11.3 Å². The van der Waals surface area contributed by atoms with E-state index in [0.29, 0.717) is 36.8 Å². The van der Waals surface area contributed by atoms with Gasteiger partial charge in [-0.3, -0.25) is 14.7 Å². The van der Waals surface area contributed by atoms with E-state index in [4.69, 9.17) is 9.78 Å². The number of hydrogen-bond donors (Lipinski definition) is 1. The fraction of sp³-hybridized carbons (Fsp3) is 0.375. The summed E-state index contributed by atoms with van der Waals surface area (Å²) in [6.45, 7) is 2.90. The molecule has 3 aromatic rings. The van der Waals surface area contributed by atoms with E-state index in [1.807, 2.05) is 36.4 Å². The molecule has 8 nitrogen and oxygen atoms in total. The average Bonchev–Trinajstić information content (AvgIpc) is 3.31. The van der Waals surface area contributed by atoms with Gasteiger partial charge in [-0.2, -0.15) is 10.2 Å². The minimum absolute atomic E-state index is 0.0528. The molecule has 0 radical (unpaired) electrons. The summed E-state index contributed by atoms with van der Waals surface area (Å²) in [7, 11) is 0. The second-order valence-corrected chi connectivity index (χ2v) is 8.01. The van der Waals surface area contributed by atoms with Crippen molar-refractivity contribution in [2.24, 2.45) is 0 Å². The summed E-state index contributed by atoms with van der Waals surface area (Å²) in [5.74, 6) is 1.28. The van der Waals surface area contributed by atoms with Gasteiger partial charge >= 0.3 is 0 Å². The van der Waals surface area contributed by atoms with Crippen molar-refractivity contribution in [3.8, 4) is 17.5 Å². The molecule has 164 valence electrons. The Morgan fingerprint density at radius 2 is 2.06 bits per heavy atom. The Morgan fingerprint density at radius 3 is 2.84 bits per heavy atom. The molecular weight excluding hydrogens is 404 g/mol. The normalized spacial score (nSPS) is 18.3. The molecule has 1 N–H and O–H groups in total. The van der Waals surface area contributed by atoms with Gasteiger partial charge in [-0.1, -0.05) is 17.3 Å². The SMILES string of the molecule is N#Cc1ccc(CN2CCCC(c3nc(-c4cccnc4)no3)CCNC(=O)CC2)cc1. The smallest absolute Gasteiger partial charge is 0.230 e. The van der Waals surface area contributed by atoms with E-state index in [2.05, 4.69) is 31.4 Å². The topological polar surface area (TPSA) is 108 Å². The molecule has 8 heteroatoms. The standard InChI is InChI=1S/C24H26N6O2/c25-15-18-5-7-19(8-6-18)17-30-13-2-4-20(9-12-27-22(31)10-14-30)24-28-23(29-32-24)21-3-1-11-26-16-21/h1,3,5-8,11,16,20H,2,4,9-10,12-14,17H2,(H,27,31). The fourth-order valence-corrected chi connectivity index (χ4v) is 3.91. The van der Waals surface area contributed by atoms with Gasteiger partial charge in [0.05, 0.1) is 11.6 Å². The lowest BCUT2D eigenvalue weighted by molar-refractivity contribution is -0.121. The quantitative estimate of drug-likeness (QED) is 0.677. The van der Waals surface area contributed by atoms with E-state index >= 15 is 0 Å². The summed E-state index contributed by atoms with van der Waals surface area (Å²) in [4.78, 5) is 23.3. The maximum Gasteiger partial charge on any atom is 0.230 e. The second-order valence-electron chi connectivity index (χ2n) is 8.01. The van der Waals surface area contributed by atoms with E-state index in [9.17, 15) is 4.79 Å². The summed E-state index contributed by atoms with van der Waals surface area (Å²) >= 11 is 0. The Bertz CT molecular complexity index is 1060. The van der Waals surface area contributed by atoms with Crippen LogP contribution in [-0.4, -0.2) is 45.6 Å². The molecule has 0 spiro atoms. The van der Waals surface area contributed by atoms with Crippen molar-refractivity contribution in [3.05, 3.63) is 65.8 Å². The fourth-order valence-electron chi connectivity index (χ4n) is 3.91. The summed E-state index contributed by atoms with van der Waals surface area (Å²) in [6, 6.07) is 13.5. The van der Waals surface area contributed by atoms with Gasteiger partial charge in [-0.05, 0) is 55.6 Å². The molecule has 4 rings (SSSR count). The number of carbonyl (C=O) groups excluding carboxylic acids is 1. The molecule has 0 saturated carbocycles. The van der Waals surface area contributed by atoms with Gasteiger partial charge in [-0.25, -0.2) is 0 Å². The van der Waals surface area contributed by atoms with Gasteiger partial charge in [0.2, 0.25) is 17.6 Å². The monoisotopic (exact) mass is 430 g/mol. The lowest BCUT2D eigenvalue weighted by Crippen LogP contribution is -2.31. The summed E-state index contributed by atoms with van der Waals surface area (Å²) in [6.07, 6.45) is 6.51. The molecule has 2 aromatic heterocycles. The van der Waals surface area contributed by atoms with Gasteiger partial charge in [0, 0.05) is 49.9 Å². The third kappa shape index (κ3) is 5.77. The molecule has 1 saturated heterocycles. The molecule has 1 atom stereocenters. The highest BCUT2D eigenvalue weighted by Gasteiger charge is 2.21. The maximum absolute atomic E-state index is 12.3. The first-order valence-corrected chi connectivity index (χ1v) is 10.9. The lowest BCUT2D eigenvalue weighted by atomic mass is 9.99. The summed E-state index contributed by atoms with van der Waals surface area (Å²) in [5, 5.41) is 16.1. The Balaban J connectivity index is 1.43. The van der Waals surface area contributed by atoms with Crippen LogP contribution in [0.25, 0.3) is 11.4 Å². The number of carbonyl (C=O) groups is 1. The number of nitrogens with zero attached hydrogens (tertiary/aromatic N) is 5. The van der Waals surface area contributed by atoms with Crippen molar-refractivity contribution in [2.75, 3.05) is 19.6 Å². The van der Waals surface area contributed by atoms with E-state index < -0.39 is 0 Å².